The van der Waals surface area contributed by atoms with Gasteiger partial charge in [0.25, 0.3) is 0 Å². The van der Waals surface area contributed by atoms with Gasteiger partial charge in [-0.1, -0.05) is 83.8 Å². The van der Waals surface area contributed by atoms with Crippen LogP contribution in [0.2, 0.25) is 0 Å². The number of nitriles is 1. The van der Waals surface area contributed by atoms with Crippen molar-refractivity contribution in [1.29, 1.82) is 5.26 Å². The molecule has 0 saturated carbocycles. The number of carbonyl (C=O) groups excluding carboxylic acids is 3. The minimum Gasteiger partial charge on any atom is -0.287 e. The molecule has 0 unspecified atom stereocenters. The summed E-state index contributed by atoms with van der Waals surface area (Å²) in [6.45, 7) is 4.61. The summed E-state index contributed by atoms with van der Waals surface area (Å²) < 4.78 is 0. The zero-order valence-electron chi connectivity index (χ0n) is 21.6. The fourth-order valence-electron chi connectivity index (χ4n) is 4.67. The minimum absolute atomic E-state index is 0.0177. The molecule has 4 rings (SSSR count). The fourth-order valence-corrected chi connectivity index (χ4v) is 6.66. The van der Waals surface area contributed by atoms with E-state index in [1.165, 1.54) is 20.8 Å². The Hall–Kier alpha value is -3.57. The van der Waals surface area contributed by atoms with Gasteiger partial charge < -0.3 is 0 Å². The Morgan fingerprint density at radius 1 is 0.564 bits per heavy atom. The lowest BCUT2D eigenvalue weighted by Crippen LogP contribution is -2.31. The standard InChI is InChI=1S/C32H25NO3S3/c1-21(34)37-29-10-4-7-26(17-29)32(25-15-13-24(20-33)14-16-25,27-8-5-11-30(18-27)38-22(2)35)28-9-6-12-31(19-28)39-23(3)36/h4-19H,1-3H3. The number of carbonyl (C=O) groups is 3. The topological polar surface area (TPSA) is 75.0 Å². The SMILES string of the molecule is CC(=O)Sc1cccc(C(c2ccc(C#N)cc2)(c2cccc(SC(C)=O)c2)c2cccc(SC(C)=O)c2)c1. The highest BCUT2D eigenvalue weighted by atomic mass is 32.2. The first-order valence-electron chi connectivity index (χ1n) is 12.1. The van der Waals surface area contributed by atoms with Crippen LogP contribution in [-0.2, 0) is 19.8 Å². The molecular weight excluding hydrogens is 543 g/mol. The van der Waals surface area contributed by atoms with Gasteiger partial charge >= 0.3 is 0 Å². The molecule has 0 atom stereocenters. The van der Waals surface area contributed by atoms with E-state index in [0.717, 1.165) is 72.2 Å². The number of benzene rings is 4. The van der Waals surface area contributed by atoms with Crippen LogP contribution in [0, 0.1) is 11.3 Å². The highest BCUT2D eigenvalue weighted by Gasteiger charge is 2.39. The van der Waals surface area contributed by atoms with Crippen LogP contribution in [-0.4, -0.2) is 15.3 Å². The molecule has 0 fully saturated rings. The van der Waals surface area contributed by atoms with Crippen LogP contribution in [0.1, 0.15) is 48.6 Å². The van der Waals surface area contributed by atoms with Crippen molar-refractivity contribution in [2.24, 2.45) is 0 Å². The fraction of sp³-hybridized carbons (Fsp3) is 0.125. The third-order valence-electron chi connectivity index (χ3n) is 6.03. The molecule has 0 spiro atoms. The largest absolute Gasteiger partial charge is 0.287 e. The van der Waals surface area contributed by atoms with Crippen LogP contribution in [0.25, 0.3) is 0 Å². The molecule has 0 N–H and O–H groups in total. The average molecular weight is 568 g/mol. The summed E-state index contributed by atoms with van der Waals surface area (Å²) in [6.07, 6.45) is 0. The quantitative estimate of drug-likeness (QED) is 0.166. The number of hydrogen-bond acceptors (Lipinski definition) is 7. The number of rotatable bonds is 7. The lowest BCUT2D eigenvalue weighted by molar-refractivity contribution is -0.109. The Bertz CT molecular complexity index is 1440. The van der Waals surface area contributed by atoms with Gasteiger partial charge in [-0.25, -0.2) is 0 Å². The minimum atomic E-state index is -0.887. The van der Waals surface area contributed by atoms with Crippen molar-refractivity contribution in [3.8, 4) is 6.07 Å². The third kappa shape index (κ3) is 6.54. The maximum atomic E-state index is 12.0. The molecule has 39 heavy (non-hydrogen) atoms. The zero-order valence-corrected chi connectivity index (χ0v) is 24.1. The van der Waals surface area contributed by atoms with Gasteiger partial charge in [0.05, 0.1) is 17.0 Å². The highest BCUT2D eigenvalue weighted by molar-refractivity contribution is 8.14. The van der Waals surface area contributed by atoms with Crippen LogP contribution < -0.4 is 0 Å². The van der Waals surface area contributed by atoms with Crippen LogP contribution in [0.4, 0.5) is 0 Å². The van der Waals surface area contributed by atoms with E-state index in [1.807, 2.05) is 84.9 Å². The summed E-state index contributed by atoms with van der Waals surface area (Å²) in [6, 6.07) is 33.3. The molecule has 0 aliphatic rings. The summed E-state index contributed by atoms with van der Waals surface area (Å²) in [7, 11) is 0. The van der Waals surface area contributed by atoms with E-state index in [4.69, 9.17) is 0 Å². The molecule has 0 bridgehead atoms. The average Bonchev–Trinajstić information content (AvgIpc) is 2.89. The van der Waals surface area contributed by atoms with Gasteiger partial charge in [0.1, 0.15) is 0 Å². The normalized spacial score (nSPS) is 11.0. The predicted molar refractivity (Wildman–Crippen MR) is 159 cm³/mol. The van der Waals surface area contributed by atoms with E-state index >= 15 is 0 Å². The van der Waals surface area contributed by atoms with Crippen molar-refractivity contribution in [1.82, 2.24) is 0 Å². The molecule has 0 aromatic heterocycles. The van der Waals surface area contributed by atoms with Crippen molar-refractivity contribution in [3.05, 3.63) is 125 Å². The van der Waals surface area contributed by atoms with E-state index in [9.17, 15) is 19.6 Å². The smallest absolute Gasteiger partial charge is 0.190 e. The second-order valence-corrected chi connectivity index (χ2v) is 12.6. The van der Waals surface area contributed by atoms with Crippen LogP contribution in [0.5, 0.6) is 0 Å². The molecular formula is C32H25NO3S3. The summed E-state index contributed by atoms with van der Waals surface area (Å²) in [4.78, 5) is 38.5. The number of thioether (sulfide) groups is 3. The van der Waals surface area contributed by atoms with E-state index in [-0.39, 0.29) is 15.3 Å². The number of nitrogens with zero attached hydrogens (tertiary/aromatic N) is 1. The molecule has 0 radical (unpaired) electrons. The molecule has 0 aliphatic carbocycles. The Morgan fingerprint density at radius 2 is 0.923 bits per heavy atom. The summed E-state index contributed by atoms with van der Waals surface area (Å²) in [5.74, 6) is 0. The van der Waals surface area contributed by atoms with E-state index in [1.54, 1.807) is 12.1 Å². The van der Waals surface area contributed by atoms with Crippen LogP contribution in [0.3, 0.4) is 0 Å². The van der Waals surface area contributed by atoms with E-state index in [2.05, 4.69) is 6.07 Å². The van der Waals surface area contributed by atoms with Crippen molar-refractivity contribution < 1.29 is 14.4 Å². The molecule has 0 amide bonds. The lowest BCUT2D eigenvalue weighted by Gasteiger charge is -2.37. The highest BCUT2D eigenvalue weighted by Crippen LogP contribution is 2.47. The van der Waals surface area contributed by atoms with Crippen molar-refractivity contribution in [2.45, 2.75) is 40.9 Å². The van der Waals surface area contributed by atoms with Crippen LogP contribution >= 0.6 is 35.3 Å². The third-order valence-corrected chi connectivity index (χ3v) is 8.36. The molecule has 4 nitrogen and oxygen atoms in total. The molecule has 0 heterocycles. The zero-order chi connectivity index (χ0) is 28.0. The Balaban J connectivity index is 2.12. The maximum absolute atomic E-state index is 12.0. The Morgan fingerprint density at radius 3 is 1.23 bits per heavy atom. The molecule has 7 heteroatoms. The molecule has 4 aromatic carbocycles. The molecule has 4 aromatic rings. The van der Waals surface area contributed by atoms with Gasteiger partial charge in [0.2, 0.25) is 0 Å². The first-order valence-corrected chi connectivity index (χ1v) is 14.5. The second kappa shape index (κ2) is 12.5. The van der Waals surface area contributed by atoms with Gasteiger partial charge in [0, 0.05) is 35.5 Å². The summed E-state index contributed by atoms with van der Waals surface area (Å²) in [5, 5.41) is 9.44. The lowest BCUT2D eigenvalue weighted by atomic mass is 9.65. The second-order valence-electron chi connectivity index (χ2n) is 8.80. The van der Waals surface area contributed by atoms with Crippen molar-refractivity contribution in [2.75, 3.05) is 0 Å². The Labute approximate surface area is 241 Å². The van der Waals surface area contributed by atoms with Crippen molar-refractivity contribution in [3.63, 3.8) is 0 Å². The summed E-state index contributed by atoms with van der Waals surface area (Å²) in [5.41, 5.74) is 3.29. The molecule has 0 saturated heterocycles. The summed E-state index contributed by atoms with van der Waals surface area (Å²) >= 11 is 3.49. The predicted octanol–water partition coefficient (Wildman–Crippen LogP) is 7.86. The number of hydrogen-bond donors (Lipinski definition) is 0. The van der Waals surface area contributed by atoms with Gasteiger partial charge in [-0.2, -0.15) is 5.26 Å². The maximum Gasteiger partial charge on any atom is 0.190 e. The van der Waals surface area contributed by atoms with Gasteiger partial charge in [0.15, 0.2) is 15.3 Å². The van der Waals surface area contributed by atoms with Crippen molar-refractivity contribution >= 4 is 50.6 Å². The van der Waals surface area contributed by atoms with Gasteiger partial charge in [-0.15, -0.1) is 0 Å². The Kier molecular flexibility index (Phi) is 9.13. The molecule has 194 valence electrons. The van der Waals surface area contributed by atoms with E-state index in [0.29, 0.717) is 5.56 Å². The van der Waals surface area contributed by atoms with Gasteiger partial charge in [-0.3, -0.25) is 14.4 Å². The van der Waals surface area contributed by atoms with E-state index < -0.39 is 5.41 Å². The van der Waals surface area contributed by atoms with Crippen LogP contribution in [0.15, 0.2) is 112 Å². The monoisotopic (exact) mass is 567 g/mol. The van der Waals surface area contributed by atoms with Gasteiger partial charge in [-0.05, 0) is 70.8 Å². The molecule has 0 aliphatic heterocycles. The first-order chi connectivity index (χ1) is 18.7. The first kappa shape index (κ1) is 28.4.